The molecule has 0 unspecified atom stereocenters. The molecule has 0 saturated heterocycles. The molecule has 1 amide bonds. The number of nitrogens with zero attached hydrogens (tertiary/aromatic N) is 1. The summed E-state index contributed by atoms with van der Waals surface area (Å²) in [7, 11) is 0.264. The Kier molecular flexibility index (Phi) is 5.62. The highest BCUT2D eigenvalue weighted by molar-refractivity contribution is 7.89. The second kappa shape index (κ2) is 7.49. The van der Waals surface area contributed by atoms with Crippen LogP contribution in [0.1, 0.15) is 21.5 Å². The van der Waals surface area contributed by atoms with Gasteiger partial charge in [-0.15, -0.1) is 0 Å². The van der Waals surface area contributed by atoms with Gasteiger partial charge in [-0.05, 0) is 35.4 Å². The third kappa shape index (κ3) is 5.09. The number of rotatable bonds is 6. The van der Waals surface area contributed by atoms with Crippen molar-refractivity contribution in [3.8, 4) is 5.75 Å². The fraction of sp³-hybridized carbons (Fsp3) is 0.278. The number of carbonyl (C=O) groups is 1. The molecule has 128 valence electrons. The molecule has 0 heterocycles. The van der Waals surface area contributed by atoms with Crippen LogP contribution in [0.25, 0.3) is 0 Å². The van der Waals surface area contributed by atoms with Crippen molar-refractivity contribution in [2.24, 2.45) is 0 Å². The number of ether oxygens (including phenoxy) is 1. The monoisotopic (exact) mass is 347 g/mol. The lowest BCUT2D eigenvalue weighted by Gasteiger charge is -2.17. The molecule has 24 heavy (non-hydrogen) atoms. The van der Waals surface area contributed by atoms with Gasteiger partial charge >= 0.3 is 0 Å². The molecule has 0 aromatic heterocycles. The number of hydrogen-bond acceptors (Lipinski definition) is 4. The number of methoxy groups -OCH3 is 1. The SMILES string of the molecule is COc1ccc(CN(C)C(=O)c2ccc(CS(C)(=O)=O)cc2)cc1. The number of benzene rings is 2. The molecule has 0 saturated carbocycles. The van der Waals surface area contributed by atoms with Crippen molar-refractivity contribution >= 4 is 15.7 Å². The highest BCUT2D eigenvalue weighted by Crippen LogP contribution is 2.14. The van der Waals surface area contributed by atoms with Gasteiger partial charge in [0.2, 0.25) is 0 Å². The van der Waals surface area contributed by atoms with Gasteiger partial charge < -0.3 is 9.64 Å². The van der Waals surface area contributed by atoms with Gasteiger partial charge in [0, 0.05) is 25.4 Å². The Morgan fingerprint density at radius 2 is 1.54 bits per heavy atom. The summed E-state index contributed by atoms with van der Waals surface area (Å²) < 4.78 is 27.7. The molecule has 0 aliphatic rings. The van der Waals surface area contributed by atoms with Gasteiger partial charge in [0.25, 0.3) is 5.91 Å². The van der Waals surface area contributed by atoms with E-state index in [0.717, 1.165) is 11.3 Å². The number of sulfone groups is 1. The van der Waals surface area contributed by atoms with E-state index in [2.05, 4.69) is 0 Å². The van der Waals surface area contributed by atoms with Crippen LogP contribution in [0.5, 0.6) is 5.75 Å². The number of hydrogen-bond donors (Lipinski definition) is 0. The minimum Gasteiger partial charge on any atom is -0.497 e. The molecular weight excluding hydrogens is 326 g/mol. The largest absolute Gasteiger partial charge is 0.497 e. The van der Waals surface area contributed by atoms with E-state index in [4.69, 9.17) is 4.74 Å². The predicted molar refractivity (Wildman–Crippen MR) is 93.8 cm³/mol. The Bertz CT molecular complexity index is 796. The Balaban J connectivity index is 2.04. The summed E-state index contributed by atoms with van der Waals surface area (Å²) in [6.45, 7) is 0.480. The van der Waals surface area contributed by atoms with E-state index in [9.17, 15) is 13.2 Å². The number of amides is 1. The van der Waals surface area contributed by atoms with Gasteiger partial charge in [0.15, 0.2) is 9.84 Å². The van der Waals surface area contributed by atoms with Gasteiger partial charge in [0.05, 0.1) is 12.9 Å². The van der Waals surface area contributed by atoms with Crippen molar-refractivity contribution in [3.63, 3.8) is 0 Å². The maximum atomic E-state index is 12.5. The second-order valence-corrected chi connectivity index (χ2v) is 7.92. The van der Waals surface area contributed by atoms with Crippen molar-refractivity contribution in [2.75, 3.05) is 20.4 Å². The molecule has 0 aliphatic carbocycles. The molecule has 0 fully saturated rings. The molecule has 2 aromatic carbocycles. The molecule has 0 N–H and O–H groups in total. The van der Waals surface area contributed by atoms with Crippen LogP contribution in [0.15, 0.2) is 48.5 Å². The van der Waals surface area contributed by atoms with Crippen molar-refractivity contribution in [1.29, 1.82) is 0 Å². The van der Waals surface area contributed by atoms with Crippen LogP contribution in [0, 0.1) is 0 Å². The third-order valence-electron chi connectivity index (χ3n) is 3.56. The van der Waals surface area contributed by atoms with E-state index < -0.39 is 9.84 Å². The third-order valence-corrected chi connectivity index (χ3v) is 4.41. The quantitative estimate of drug-likeness (QED) is 0.805. The van der Waals surface area contributed by atoms with Crippen LogP contribution in [0.2, 0.25) is 0 Å². The van der Waals surface area contributed by atoms with Gasteiger partial charge in [0.1, 0.15) is 5.75 Å². The lowest BCUT2D eigenvalue weighted by Crippen LogP contribution is -2.26. The van der Waals surface area contributed by atoms with Crippen LogP contribution >= 0.6 is 0 Å². The smallest absolute Gasteiger partial charge is 0.253 e. The van der Waals surface area contributed by atoms with E-state index in [1.165, 1.54) is 6.26 Å². The first-order valence-electron chi connectivity index (χ1n) is 7.43. The average Bonchev–Trinajstić information content (AvgIpc) is 2.54. The molecule has 2 aromatic rings. The van der Waals surface area contributed by atoms with Crippen molar-refractivity contribution < 1.29 is 17.9 Å². The van der Waals surface area contributed by atoms with E-state index in [-0.39, 0.29) is 11.7 Å². The van der Waals surface area contributed by atoms with Crippen molar-refractivity contribution in [2.45, 2.75) is 12.3 Å². The average molecular weight is 347 g/mol. The molecule has 0 radical (unpaired) electrons. The van der Waals surface area contributed by atoms with Gasteiger partial charge in [-0.1, -0.05) is 24.3 Å². The van der Waals surface area contributed by atoms with E-state index in [0.29, 0.717) is 17.7 Å². The maximum Gasteiger partial charge on any atom is 0.253 e. The number of carbonyl (C=O) groups excluding carboxylic acids is 1. The Labute approximate surface area is 142 Å². The van der Waals surface area contributed by atoms with Crippen LogP contribution < -0.4 is 4.74 Å². The minimum atomic E-state index is -3.08. The van der Waals surface area contributed by atoms with Crippen LogP contribution in [-0.4, -0.2) is 39.6 Å². The van der Waals surface area contributed by atoms with Gasteiger partial charge in [-0.2, -0.15) is 0 Å². The topological polar surface area (TPSA) is 63.7 Å². The Morgan fingerprint density at radius 3 is 2.04 bits per heavy atom. The normalized spacial score (nSPS) is 11.1. The van der Waals surface area contributed by atoms with Crippen molar-refractivity contribution in [1.82, 2.24) is 4.90 Å². The zero-order valence-electron chi connectivity index (χ0n) is 14.0. The van der Waals surface area contributed by atoms with Crippen molar-refractivity contribution in [3.05, 3.63) is 65.2 Å². The van der Waals surface area contributed by atoms with Gasteiger partial charge in [-0.25, -0.2) is 8.42 Å². The van der Waals surface area contributed by atoms with E-state index in [1.807, 2.05) is 24.3 Å². The highest BCUT2D eigenvalue weighted by Gasteiger charge is 2.13. The second-order valence-electron chi connectivity index (χ2n) is 5.78. The van der Waals surface area contributed by atoms with Crippen LogP contribution in [0.3, 0.4) is 0 Å². The molecule has 6 heteroatoms. The fourth-order valence-corrected chi connectivity index (χ4v) is 3.14. The Morgan fingerprint density at radius 1 is 1.00 bits per heavy atom. The molecule has 0 spiro atoms. The molecular formula is C18H21NO4S. The first-order valence-corrected chi connectivity index (χ1v) is 9.49. The molecule has 0 atom stereocenters. The van der Waals surface area contributed by atoms with Crippen LogP contribution in [-0.2, 0) is 22.1 Å². The maximum absolute atomic E-state index is 12.5. The lowest BCUT2D eigenvalue weighted by atomic mass is 10.1. The van der Waals surface area contributed by atoms with E-state index >= 15 is 0 Å². The lowest BCUT2D eigenvalue weighted by molar-refractivity contribution is 0.0785. The summed E-state index contributed by atoms with van der Waals surface area (Å²) in [5, 5.41) is 0. The summed E-state index contributed by atoms with van der Waals surface area (Å²) >= 11 is 0. The zero-order valence-corrected chi connectivity index (χ0v) is 14.8. The first-order chi connectivity index (χ1) is 11.3. The standard InChI is InChI=1S/C18H21NO4S/c1-19(12-14-6-10-17(23-2)11-7-14)18(20)16-8-4-15(5-9-16)13-24(3,21)22/h4-11H,12-13H2,1-3H3. The summed E-state index contributed by atoms with van der Waals surface area (Å²) in [5.74, 6) is 0.634. The molecule has 2 rings (SSSR count). The Hall–Kier alpha value is -2.34. The summed E-state index contributed by atoms with van der Waals surface area (Å²) in [6.07, 6.45) is 1.19. The van der Waals surface area contributed by atoms with Gasteiger partial charge in [-0.3, -0.25) is 4.79 Å². The first kappa shape index (κ1) is 18.0. The summed E-state index contributed by atoms with van der Waals surface area (Å²) in [4.78, 5) is 14.1. The molecule has 0 bridgehead atoms. The summed E-state index contributed by atoms with van der Waals surface area (Å²) in [5.41, 5.74) is 2.20. The minimum absolute atomic E-state index is 0.0246. The predicted octanol–water partition coefficient (Wildman–Crippen LogP) is 2.51. The fourth-order valence-electron chi connectivity index (χ4n) is 2.34. The zero-order chi connectivity index (χ0) is 17.7. The summed E-state index contributed by atoms with van der Waals surface area (Å²) in [6, 6.07) is 14.2. The highest BCUT2D eigenvalue weighted by atomic mass is 32.2. The molecule has 5 nitrogen and oxygen atoms in total. The molecule has 0 aliphatic heterocycles. The van der Waals surface area contributed by atoms with Crippen LogP contribution in [0.4, 0.5) is 0 Å². The van der Waals surface area contributed by atoms with E-state index in [1.54, 1.807) is 43.3 Å².